The third-order valence-corrected chi connectivity index (χ3v) is 2.28. The molecule has 0 fully saturated rings. The van der Waals surface area contributed by atoms with Gasteiger partial charge in [-0.1, -0.05) is 25.4 Å². The van der Waals surface area contributed by atoms with Crippen LogP contribution in [0.5, 0.6) is 0 Å². The average molecular weight is 220 g/mol. The van der Waals surface area contributed by atoms with Crippen LogP contribution < -0.4 is 5.32 Å². The van der Waals surface area contributed by atoms with E-state index in [4.69, 9.17) is 11.6 Å². The highest BCUT2D eigenvalue weighted by molar-refractivity contribution is 6.25. The van der Waals surface area contributed by atoms with Crippen LogP contribution in [-0.4, -0.2) is 25.7 Å². The molecule has 0 aromatic heterocycles. The molecular formula is C10H18ClNO2. The van der Waals surface area contributed by atoms with Crippen molar-refractivity contribution in [3.05, 3.63) is 11.1 Å². The molecule has 0 aromatic carbocycles. The molecule has 0 aromatic rings. The highest BCUT2D eigenvalue weighted by Crippen LogP contribution is 2.04. The lowest BCUT2D eigenvalue weighted by Crippen LogP contribution is -2.42. The number of methoxy groups -OCH3 is 1. The van der Waals surface area contributed by atoms with Crippen molar-refractivity contribution in [3.63, 3.8) is 0 Å². The Morgan fingerprint density at radius 1 is 1.57 bits per heavy atom. The first-order valence-corrected chi connectivity index (χ1v) is 5.03. The summed E-state index contributed by atoms with van der Waals surface area (Å²) in [7, 11) is 1.39. The first-order chi connectivity index (χ1) is 6.52. The molecule has 0 radical (unpaired) electrons. The Kier molecular flexibility index (Phi) is 6.58. The van der Waals surface area contributed by atoms with Crippen molar-refractivity contribution in [2.45, 2.75) is 26.8 Å². The number of halogens is 1. The molecule has 14 heavy (non-hydrogen) atoms. The van der Waals surface area contributed by atoms with Crippen molar-refractivity contribution in [3.8, 4) is 0 Å². The van der Waals surface area contributed by atoms with Gasteiger partial charge < -0.3 is 10.1 Å². The van der Waals surface area contributed by atoms with Gasteiger partial charge in [0.1, 0.15) is 6.04 Å². The first-order valence-electron chi connectivity index (χ1n) is 4.60. The van der Waals surface area contributed by atoms with Gasteiger partial charge in [0, 0.05) is 12.1 Å². The van der Waals surface area contributed by atoms with Crippen LogP contribution in [0.4, 0.5) is 0 Å². The maximum atomic E-state index is 11.3. The van der Waals surface area contributed by atoms with E-state index in [1.165, 1.54) is 12.6 Å². The predicted molar refractivity (Wildman–Crippen MR) is 58.3 cm³/mol. The fourth-order valence-corrected chi connectivity index (χ4v) is 1.10. The molecule has 0 aliphatic carbocycles. The summed E-state index contributed by atoms with van der Waals surface area (Å²) in [5, 5.41) is 3.09. The lowest BCUT2D eigenvalue weighted by Gasteiger charge is -2.19. The molecule has 4 heteroatoms. The van der Waals surface area contributed by atoms with Gasteiger partial charge in [-0.15, -0.1) is 0 Å². The molecule has 0 aliphatic rings. The average Bonchev–Trinajstić information content (AvgIpc) is 2.16. The fourth-order valence-electron chi connectivity index (χ4n) is 1.03. The number of esters is 1. The van der Waals surface area contributed by atoms with Gasteiger partial charge in [0.15, 0.2) is 0 Å². The molecule has 1 unspecified atom stereocenters. The van der Waals surface area contributed by atoms with E-state index < -0.39 is 0 Å². The molecule has 0 bridgehead atoms. The van der Waals surface area contributed by atoms with Crippen molar-refractivity contribution < 1.29 is 9.53 Å². The van der Waals surface area contributed by atoms with Gasteiger partial charge >= 0.3 is 5.97 Å². The second kappa shape index (κ2) is 6.85. The molecule has 0 rings (SSSR count). The summed E-state index contributed by atoms with van der Waals surface area (Å²) in [5.41, 5.74) is 2.49. The summed E-state index contributed by atoms with van der Waals surface area (Å²) in [5.74, 6) is -0.0343. The summed E-state index contributed by atoms with van der Waals surface area (Å²) in [6.45, 7) is 6.43. The Balaban J connectivity index is 4.18. The summed E-state index contributed by atoms with van der Waals surface area (Å²) >= 11 is 5.51. The zero-order valence-corrected chi connectivity index (χ0v) is 9.89. The molecule has 0 saturated heterocycles. The molecule has 1 atom stereocenters. The van der Waals surface area contributed by atoms with E-state index in [2.05, 4.69) is 10.1 Å². The van der Waals surface area contributed by atoms with E-state index in [1.54, 1.807) is 0 Å². The highest BCUT2D eigenvalue weighted by Gasteiger charge is 2.21. The lowest BCUT2D eigenvalue weighted by molar-refractivity contribution is -0.144. The summed E-state index contributed by atoms with van der Waals surface area (Å²) in [6, 6.07) is -0.272. The van der Waals surface area contributed by atoms with Gasteiger partial charge in [-0.05, 0) is 18.4 Å². The largest absolute Gasteiger partial charge is 0.468 e. The Morgan fingerprint density at radius 3 is 2.50 bits per heavy atom. The number of carbonyl (C=O) groups is 1. The van der Waals surface area contributed by atoms with Crippen molar-refractivity contribution in [1.82, 2.24) is 5.32 Å². The van der Waals surface area contributed by atoms with Crippen LogP contribution in [0.1, 0.15) is 20.8 Å². The standard InChI is InChI=1S/C10H18ClNO2/c1-7(2)9(10(13)14-4)12-6-8(3)5-11/h5,7,9,12H,6H2,1-4H3. The van der Waals surface area contributed by atoms with E-state index in [1.807, 2.05) is 20.8 Å². The van der Waals surface area contributed by atoms with Crippen LogP contribution in [0.3, 0.4) is 0 Å². The number of rotatable bonds is 5. The molecule has 82 valence electrons. The van der Waals surface area contributed by atoms with E-state index in [0.717, 1.165) is 5.57 Å². The van der Waals surface area contributed by atoms with Crippen LogP contribution in [0.15, 0.2) is 11.1 Å². The minimum atomic E-state index is -0.272. The molecule has 0 spiro atoms. The van der Waals surface area contributed by atoms with E-state index in [-0.39, 0.29) is 17.9 Å². The van der Waals surface area contributed by atoms with Gasteiger partial charge in [0.25, 0.3) is 0 Å². The maximum Gasteiger partial charge on any atom is 0.323 e. The van der Waals surface area contributed by atoms with Crippen molar-refractivity contribution in [1.29, 1.82) is 0 Å². The minimum Gasteiger partial charge on any atom is -0.468 e. The van der Waals surface area contributed by atoms with Crippen LogP contribution >= 0.6 is 11.6 Å². The predicted octanol–water partition coefficient (Wildman–Crippen LogP) is 1.92. The zero-order chi connectivity index (χ0) is 11.1. The van der Waals surface area contributed by atoms with Crippen LogP contribution in [0.25, 0.3) is 0 Å². The van der Waals surface area contributed by atoms with E-state index >= 15 is 0 Å². The van der Waals surface area contributed by atoms with Crippen LogP contribution in [-0.2, 0) is 9.53 Å². The second-order valence-corrected chi connectivity index (χ2v) is 3.80. The van der Waals surface area contributed by atoms with E-state index in [0.29, 0.717) is 6.54 Å². The Labute approximate surface area is 90.5 Å². The van der Waals surface area contributed by atoms with Gasteiger partial charge in [0.2, 0.25) is 0 Å². The molecule has 0 saturated carbocycles. The summed E-state index contributed by atoms with van der Waals surface area (Å²) < 4.78 is 4.69. The SMILES string of the molecule is COC(=O)C(NCC(C)=CCl)C(C)C. The molecule has 1 N–H and O–H groups in total. The molecule has 0 heterocycles. The van der Waals surface area contributed by atoms with E-state index in [9.17, 15) is 4.79 Å². The first kappa shape index (κ1) is 13.5. The monoisotopic (exact) mass is 219 g/mol. The van der Waals surface area contributed by atoms with Crippen LogP contribution in [0, 0.1) is 5.92 Å². The minimum absolute atomic E-state index is 0.200. The summed E-state index contributed by atoms with van der Waals surface area (Å²) in [6.07, 6.45) is 0. The molecular weight excluding hydrogens is 202 g/mol. The second-order valence-electron chi connectivity index (χ2n) is 3.58. The number of hydrogen-bond donors (Lipinski definition) is 1. The Morgan fingerprint density at radius 2 is 2.14 bits per heavy atom. The van der Waals surface area contributed by atoms with Gasteiger partial charge in [-0.25, -0.2) is 0 Å². The normalized spacial score (nSPS) is 14.3. The molecule has 0 aliphatic heterocycles. The van der Waals surface area contributed by atoms with Gasteiger partial charge in [-0.3, -0.25) is 4.79 Å². The molecule has 3 nitrogen and oxygen atoms in total. The summed E-state index contributed by atoms with van der Waals surface area (Å²) in [4.78, 5) is 11.3. The van der Waals surface area contributed by atoms with Gasteiger partial charge in [0.05, 0.1) is 7.11 Å². The van der Waals surface area contributed by atoms with Crippen molar-refractivity contribution in [2.24, 2.45) is 5.92 Å². The van der Waals surface area contributed by atoms with Crippen molar-refractivity contribution >= 4 is 17.6 Å². The van der Waals surface area contributed by atoms with Crippen LogP contribution in [0.2, 0.25) is 0 Å². The number of hydrogen-bond acceptors (Lipinski definition) is 3. The maximum absolute atomic E-state index is 11.3. The number of nitrogens with one attached hydrogen (secondary N) is 1. The lowest BCUT2D eigenvalue weighted by atomic mass is 10.0. The fraction of sp³-hybridized carbons (Fsp3) is 0.700. The highest BCUT2D eigenvalue weighted by atomic mass is 35.5. The molecule has 0 amide bonds. The van der Waals surface area contributed by atoms with Crippen molar-refractivity contribution in [2.75, 3.05) is 13.7 Å². The Bertz CT molecular complexity index is 214. The van der Waals surface area contributed by atoms with Gasteiger partial charge in [-0.2, -0.15) is 0 Å². The topological polar surface area (TPSA) is 38.3 Å². The third kappa shape index (κ3) is 4.63. The Hall–Kier alpha value is -0.540. The smallest absolute Gasteiger partial charge is 0.323 e. The zero-order valence-electron chi connectivity index (χ0n) is 9.13. The third-order valence-electron chi connectivity index (χ3n) is 1.91. The number of carbonyl (C=O) groups excluding carboxylic acids is 1. The quantitative estimate of drug-likeness (QED) is 0.718. The number of ether oxygens (including phenoxy) is 1.